The summed E-state index contributed by atoms with van der Waals surface area (Å²) in [6.45, 7) is 6.17. The van der Waals surface area contributed by atoms with Gasteiger partial charge in [-0.15, -0.1) is 0 Å². The Balaban J connectivity index is 1.46. The van der Waals surface area contributed by atoms with Gasteiger partial charge >= 0.3 is 0 Å². The molecule has 0 spiro atoms. The minimum atomic E-state index is -0.545. The molecular weight excluding hydrogens is 421 g/mol. The third-order valence-electron chi connectivity index (χ3n) is 5.85. The summed E-state index contributed by atoms with van der Waals surface area (Å²) in [5.41, 5.74) is 4.43. The van der Waals surface area contributed by atoms with Crippen molar-refractivity contribution in [2.45, 2.75) is 33.2 Å². The Hall–Kier alpha value is -3.13. The third-order valence-corrected chi connectivity index (χ3v) is 6.14. The fourth-order valence-corrected chi connectivity index (χ4v) is 4.33. The molecule has 2 atom stereocenters. The van der Waals surface area contributed by atoms with Crippen molar-refractivity contribution in [2.24, 2.45) is 5.92 Å². The summed E-state index contributed by atoms with van der Waals surface area (Å²) in [6.07, 6.45) is 0.543. The number of H-pyrrole nitrogens is 2. The molecule has 1 fully saturated rings. The maximum atomic E-state index is 13.3. The Morgan fingerprint density at radius 1 is 1.26 bits per heavy atom. The fourth-order valence-electron chi connectivity index (χ4n) is 4.15. The van der Waals surface area contributed by atoms with Crippen LogP contribution in [0.5, 0.6) is 0 Å². The van der Waals surface area contributed by atoms with Crippen molar-refractivity contribution in [2.75, 3.05) is 11.9 Å². The molecule has 1 saturated heterocycles. The Kier molecular flexibility index (Phi) is 5.58. The van der Waals surface area contributed by atoms with Crippen LogP contribution >= 0.6 is 11.6 Å². The van der Waals surface area contributed by atoms with Crippen LogP contribution in [0.4, 0.5) is 10.1 Å². The van der Waals surface area contributed by atoms with Gasteiger partial charge in [0, 0.05) is 35.2 Å². The number of hydrogen-bond acceptors (Lipinski definition) is 3. The van der Waals surface area contributed by atoms with E-state index >= 15 is 0 Å². The van der Waals surface area contributed by atoms with Crippen LogP contribution in [-0.4, -0.2) is 44.5 Å². The molecule has 2 amide bonds. The lowest BCUT2D eigenvalue weighted by molar-refractivity contribution is -0.120. The molecule has 3 aromatic rings. The van der Waals surface area contributed by atoms with Gasteiger partial charge in [0.15, 0.2) is 0 Å². The van der Waals surface area contributed by atoms with Crippen molar-refractivity contribution in [3.05, 3.63) is 58.3 Å². The molecule has 162 valence electrons. The van der Waals surface area contributed by atoms with Gasteiger partial charge in [0.1, 0.15) is 11.5 Å². The lowest BCUT2D eigenvalue weighted by Gasteiger charge is -2.24. The zero-order valence-corrected chi connectivity index (χ0v) is 18.2. The molecule has 0 radical (unpaired) electrons. The number of rotatable bonds is 4. The third kappa shape index (κ3) is 3.95. The zero-order valence-electron chi connectivity index (χ0n) is 17.4. The molecule has 31 heavy (non-hydrogen) atoms. The first-order valence-corrected chi connectivity index (χ1v) is 10.4. The molecule has 7 nitrogen and oxygen atoms in total. The van der Waals surface area contributed by atoms with E-state index in [0.29, 0.717) is 24.3 Å². The molecule has 0 saturated carbocycles. The zero-order chi connectivity index (χ0) is 22.3. The number of carbonyl (C=O) groups excluding carboxylic acids is 2. The average molecular weight is 444 g/mol. The highest BCUT2D eigenvalue weighted by Crippen LogP contribution is 2.29. The van der Waals surface area contributed by atoms with Crippen LogP contribution < -0.4 is 5.32 Å². The molecule has 1 aliphatic heterocycles. The first-order chi connectivity index (χ1) is 14.8. The number of aromatic amines is 2. The number of aromatic nitrogens is 3. The predicted molar refractivity (Wildman–Crippen MR) is 116 cm³/mol. The van der Waals surface area contributed by atoms with Gasteiger partial charge in [-0.2, -0.15) is 5.10 Å². The van der Waals surface area contributed by atoms with Gasteiger partial charge in [0.25, 0.3) is 5.91 Å². The normalized spacial score (nSPS) is 18.4. The van der Waals surface area contributed by atoms with Crippen LogP contribution in [0, 0.1) is 25.6 Å². The highest BCUT2D eigenvalue weighted by atomic mass is 35.5. The first-order valence-electron chi connectivity index (χ1n) is 10.0. The van der Waals surface area contributed by atoms with E-state index in [9.17, 15) is 14.0 Å². The maximum absolute atomic E-state index is 13.3. The molecule has 9 heteroatoms. The molecular formula is C22H23ClFN5O2. The van der Waals surface area contributed by atoms with Crippen LogP contribution in [0.2, 0.25) is 5.02 Å². The average Bonchev–Trinajstić information content (AvgIpc) is 3.43. The lowest BCUT2D eigenvalue weighted by Crippen LogP contribution is -2.39. The molecule has 3 N–H and O–H groups in total. The second kappa shape index (κ2) is 8.19. The standard InChI is InChI=1S/C22H23ClFN5O2/c1-11-20(12(2)28-27-11)18-6-7-19(26-18)22(31)29-9-8-15(13(29)3)21(30)25-14-4-5-17(24)16(23)10-14/h4-7,10,13,15,26H,8-9H2,1-3H3,(H,25,30)(H,27,28)/t13-,15-/m0/s1. The van der Waals surface area contributed by atoms with E-state index in [2.05, 4.69) is 20.5 Å². The summed E-state index contributed by atoms with van der Waals surface area (Å²) in [7, 11) is 0. The summed E-state index contributed by atoms with van der Waals surface area (Å²) < 4.78 is 13.3. The number of nitrogens with one attached hydrogen (secondary N) is 3. The summed E-state index contributed by atoms with van der Waals surface area (Å²) in [5.74, 6) is -1.29. The molecule has 3 heterocycles. The number of amides is 2. The monoisotopic (exact) mass is 443 g/mol. The highest BCUT2D eigenvalue weighted by Gasteiger charge is 2.38. The molecule has 0 aliphatic carbocycles. The first kappa shape index (κ1) is 21.1. The van der Waals surface area contributed by atoms with Crippen LogP contribution in [0.1, 0.15) is 35.2 Å². The Labute approximate surface area is 184 Å². The van der Waals surface area contributed by atoms with Crippen LogP contribution in [-0.2, 0) is 4.79 Å². The van der Waals surface area contributed by atoms with Gasteiger partial charge in [-0.05, 0) is 57.5 Å². The largest absolute Gasteiger partial charge is 0.350 e. The molecule has 4 rings (SSSR count). The van der Waals surface area contributed by atoms with Crippen molar-refractivity contribution in [3.8, 4) is 11.3 Å². The number of benzene rings is 1. The molecule has 0 unspecified atom stereocenters. The van der Waals surface area contributed by atoms with Gasteiger partial charge in [0.05, 0.1) is 16.6 Å². The smallest absolute Gasteiger partial charge is 0.270 e. The van der Waals surface area contributed by atoms with Gasteiger partial charge in [-0.25, -0.2) is 4.39 Å². The lowest BCUT2D eigenvalue weighted by atomic mass is 10.0. The summed E-state index contributed by atoms with van der Waals surface area (Å²) in [4.78, 5) is 30.7. The predicted octanol–water partition coefficient (Wildman–Crippen LogP) is 4.30. The number of aryl methyl sites for hydroxylation is 2. The summed E-state index contributed by atoms with van der Waals surface area (Å²) in [6, 6.07) is 7.37. The van der Waals surface area contributed by atoms with Gasteiger partial charge in [-0.1, -0.05) is 11.6 Å². The van der Waals surface area contributed by atoms with Gasteiger partial charge < -0.3 is 15.2 Å². The molecule has 0 bridgehead atoms. The number of anilines is 1. The van der Waals surface area contributed by atoms with Crippen LogP contribution in [0.3, 0.4) is 0 Å². The second-order valence-electron chi connectivity index (χ2n) is 7.85. The number of carbonyl (C=O) groups is 2. The molecule has 1 aliphatic rings. The quantitative estimate of drug-likeness (QED) is 0.561. The van der Waals surface area contributed by atoms with E-state index < -0.39 is 5.82 Å². The van der Waals surface area contributed by atoms with Crippen molar-refractivity contribution in [3.63, 3.8) is 0 Å². The SMILES string of the molecule is Cc1n[nH]c(C)c1-c1ccc(C(=O)N2CC[C@H](C(=O)Nc3ccc(F)c(Cl)c3)[C@@H]2C)[nH]1. The van der Waals surface area contributed by atoms with E-state index in [1.54, 1.807) is 11.0 Å². The van der Waals surface area contributed by atoms with E-state index in [-0.39, 0.29) is 28.8 Å². The fraction of sp³-hybridized carbons (Fsp3) is 0.318. The minimum Gasteiger partial charge on any atom is -0.350 e. The number of likely N-dealkylation sites (tertiary alicyclic amines) is 1. The second-order valence-corrected chi connectivity index (χ2v) is 8.25. The van der Waals surface area contributed by atoms with Crippen LogP contribution in [0.15, 0.2) is 30.3 Å². The van der Waals surface area contributed by atoms with E-state index in [4.69, 9.17) is 11.6 Å². The minimum absolute atomic E-state index is 0.0558. The Morgan fingerprint density at radius 3 is 2.71 bits per heavy atom. The molecule has 2 aromatic heterocycles. The van der Waals surface area contributed by atoms with Crippen LogP contribution in [0.25, 0.3) is 11.3 Å². The topological polar surface area (TPSA) is 93.9 Å². The maximum Gasteiger partial charge on any atom is 0.270 e. The van der Waals surface area contributed by atoms with Crippen molar-refractivity contribution < 1.29 is 14.0 Å². The van der Waals surface area contributed by atoms with Crippen molar-refractivity contribution in [1.29, 1.82) is 0 Å². The number of nitrogens with zero attached hydrogens (tertiary/aromatic N) is 2. The molecule has 1 aromatic carbocycles. The number of halogens is 2. The van der Waals surface area contributed by atoms with Gasteiger partial charge in [-0.3, -0.25) is 14.7 Å². The van der Waals surface area contributed by atoms with Crippen molar-refractivity contribution in [1.82, 2.24) is 20.1 Å². The van der Waals surface area contributed by atoms with E-state index in [1.807, 2.05) is 26.8 Å². The Morgan fingerprint density at radius 2 is 2.03 bits per heavy atom. The summed E-state index contributed by atoms with van der Waals surface area (Å²) >= 11 is 5.79. The Bertz CT molecular complexity index is 1140. The van der Waals surface area contributed by atoms with E-state index in [1.165, 1.54) is 18.2 Å². The number of hydrogen-bond donors (Lipinski definition) is 3. The summed E-state index contributed by atoms with van der Waals surface area (Å²) in [5, 5.41) is 9.85. The van der Waals surface area contributed by atoms with Gasteiger partial charge in [0.2, 0.25) is 5.91 Å². The van der Waals surface area contributed by atoms with E-state index in [0.717, 1.165) is 22.6 Å². The van der Waals surface area contributed by atoms with Crippen molar-refractivity contribution >= 4 is 29.1 Å². The highest BCUT2D eigenvalue weighted by molar-refractivity contribution is 6.31.